The molecule has 3 aromatic carbocycles. The van der Waals surface area contributed by atoms with Crippen LogP contribution in [0.1, 0.15) is 38.6 Å². The van der Waals surface area contributed by atoms with Crippen molar-refractivity contribution in [2.45, 2.75) is 58.5 Å². The second kappa shape index (κ2) is 15.1. The van der Waals surface area contributed by atoms with Crippen LogP contribution in [0, 0.1) is 11.6 Å². The largest absolute Gasteiger partial charge is 0.461 e. The number of aromatic nitrogens is 2. The average molecular weight is 666 g/mol. The van der Waals surface area contributed by atoms with Gasteiger partial charge in [-0.05, 0) is 62.7 Å². The summed E-state index contributed by atoms with van der Waals surface area (Å²) in [5.41, 5.74) is 1.50. The average Bonchev–Trinajstić information content (AvgIpc) is 3.37. The van der Waals surface area contributed by atoms with Crippen molar-refractivity contribution in [1.29, 1.82) is 0 Å². The summed E-state index contributed by atoms with van der Waals surface area (Å²) >= 11 is 0. The predicted octanol–water partition coefficient (Wildman–Crippen LogP) is 6.05. The number of imidazole rings is 1. The second-order valence-electron chi connectivity index (χ2n) is 11.8. The molecule has 1 aromatic heterocycles. The molecular formula is C34H37F2N5O5S. The summed E-state index contributed by atoms with van der Waals surface area (Å²) in [6.07, 6.45) is -1.26. The number of anilines is 2. The molecule has 0 radical (unpaired) electrons. The number of benzene rings is 3. The number of fused-ring (bicyclic) bond motifs is 1. The van der Waals surface area contributed by atoms with E-state index in [1.54, 1.807) is 45.0 Å². The lowest BCUT2D eigenvalue weighted by atomic mass is 10.1. The lowest BCUT2D eigenvalue weighted by Crippen LogP contribution is -2.52. The van der Waals surface area contributed by atoms with Crippen molar-refractivity contribution in [3.63, 3.8) is 0 Å². The first-order valence-electron chi connectivity index (χ1n) is 14.8. The van der Waals surface area contributed by atoms with Crippen molar-refractivity contribution >= 4 is 43.0 Å². The highest BCUT2D eigenvalue weighted by Gasteiger charge is 2.34. The predicted molar refractivity (Wildman–Crippen MR) is 177 cm³/mol. The quantitative estimate of drug-likeness (QED) is 0.209. The Morgan fingerprint density at radius 1 is 0.936 bits per heavy atom. The number of halogens is 2. The van der Waals surface area contributed by atoms with Crippen LogP contribution in [0.25, 0.3) is 11.3 Å². The molecule has 2 amide bonds. The zero-order valence-electron chi connectivity index (χ0n) is 26.3. The Morgan fingerprint density at radius 2 is 1.66 bits per heavy atom. The van der Waals surface area contributed by atoms with Crippen LogP contribution >= 0.6 is 13.5 Å². The first-order valence-corrected chi connectivity index (χ1v) is 14.8. The van der Waals surface area contributed by atoms with Crippen molar-refractivity contribution in [2.24, 2.45) is 0 Å². The summed E-state index contributed by atoms with van der Waals surface area (Å²) in [6.45, 7) is 5.64. The van der Waals surface area contributed by atoms with E-state index in [0.717, 1.165) is 5.56 Å². The number of nitrogens with zero attached hydrogens (tertiary/aromatic N) is 3. The molecule has 47 heavy (non-hydrogen) atoms. The highest BCUT2D eigenvalue weighted by Crippen LogP contribution is 2.34. The van der Waals surface area contributed by atoms with Gasteiger partial charge in [0.1, 0.15) is 47.2 Å². The van der Waals surface area contributed by atoms with E-state index < -0.39 is 41.9 Å². The smallest absolute Gasteiger partial charge is 0.408 e. The molecule has 4 aromatic rings. The van der Waals surface area contributed by atoms with Crippen LogP contribution in [0.4, 0.5) is 25.1 Å². The number of alkyl carbamates (subject to hydrolysis) is 1. The summed E-state index contributed by atoms with van der Waals surface area (Å²) in [7, 11) is 0. The number of ether oxygens (including phenoxy) is 2. The third-order valence-electron chi connectivity index (χ3n) is 7.09. The van der Waals surface area contributed by atoms with E-state index in [2.05, 4.69) is 10.6 Å². The molecule has 0 unspecified atom stereocenters. The second-order valence-corrected chi connectivity index (χ2v) is 11.8. The normalized spacial score (nSPS) is 13.1. The van der Waals surface area contributed by atoms with Gasteiger partial charge >= 0.3 is 12.1 Å². The Bertz CT molecular complexity index is 1710. The third kappa shape index (κ3) is 9.32. The molecule has 0 saturated heterocycles. The van der Waals surface area contributed by atoms with Crippen LogP contribution in [0.2, 0.25) is 0 Å². The summed E-state index contributed by atoms with van der Waals surface area (Å²) in [5, 5.41) is 5.81. The fourth-order valence-corrected chi connectivity index (χ4v) is 4.99. The van der Waals surface area contributed by atoms with Crippen LogP contribution in [-0.4, -0.2) is 50.6 Å². The highest BCUT2D eigenvalue weighted by molar-refractivity contribution is 7.59. The molecule has 5 rings (SSSR count). The fraction of sp³-hybridized carbons (Fsp3) is 0.294. The van der Waals surface area contributed by atoms with E-state index in [9.17, 15) is 23.2 Å². The van der Waals surface area contributed by atoms with Crippen molar-refractivity contribution in [3.05, 3.63) is 102 Å². The van der Waals surface area contributed by atoms with Gasteiger partial charge in [0.15, 0.2) is 0 Å². The van der Waals surface area contributed by atoms with Crippen LogP contribution in [0.3, 0.4) is 0 Å². The number of hydrogen-bond donors (Lipinski definition) is 2. The first kappa shape index (κ1) is 35.0. The van der Waals surface area contributed by atoms with Crippen molar-refractivity contribution in [1.82, 2.24) is 19.8 Å². The molecule has 0 saturated carbocycles. The Hall–Kier alpha value is -4.91. The number of nitrogens with one attached hydrogen (secondary N) is 2. The number of esters is 1. The number of amides is 2. The van der Waals surface area contributed by atoms with E-state index in [4.69, 9.17) is 14.5 Å². The fourth-order valence-electron chi connectivity index (χ4n) is 4.99. The maximum absolute atomic E-state index is 14.2. The topological polar surface area (TPSA) is 115 Å². The van der Waals surface area contributed by atoms with Gasteiger partial charge in [0, 0.05) is 24.3 Å². The Balaban J connectivity index is 0.00000500. The number of carbonyl (C=O) groups is 3. The molecule has 2 N–H and O–H groups in total. The Labute approximate surface area is 278 Å². The lowest BCUT2D eigenvalue weighted by Gasteiger charge is -2.32. The Morgan fingerprint density at radius 3 is 2.34 bits per heavy atom. The molecule has 1 aliphatic heterocycles. The van der Waals surface area contributed by atoms with E-state index in [0.29, 0.717) is 35.1 Å². The minimum absolute atomic E-state index is 0. The molecular weight excluding hydrogens is 628 g/mol. The van der Waals surface area contributed by atoms with Crippen molar-refractivity contribution in [2.75, 3.05) is 11.9 Å². The van der Waals surface area contributed by atoms with Crippen LogP contribution < -0.4 is 10.6 Å². The van der Waals surface area contributed by atoms with Crippen molar-refractivity contribution in [3.8, 4) is 11.3 Å². The molecule has 1 atom stereocenters. The highest BCUT2D eigenvalue weighted by atomic mass is 32.1. The van der Waals surface area contributed by atoms with E-state index >= 15 is 0 Å². The van der Waals surface area contributed by atoms with E-state index in [1.807, 2.05) is 34.9 Å². The first-order chi connectivity index (χ1) is 21.9. The maximum atomic E-state index is 14.2. The van der Waals surface area contributed by atoms with E-state index in [-0.39, 0.29) is 39.0 Å². The summed E-state index contributed by atoms with van der Waals surface area (Å²) < 4.78 is 40.4. The van der Waals surface area contributed by atoms with Crippen LogP contribution in [0.5, 0.6) is 0 Å². The van der Waals surface area contributed by atoms with Gasteiger partial charge in [0.25, 0.3) is 0 Å². The van der Waals surface area contributed by atoms with Gasteiger partial charge in [-0.2, -0.15) is 13.5 Å². The van der Waals surface area contributed by atoms with Gasteiger partial charge in [0.05, 0.1) is 13.0 Å². The third-order valence-corrected chi connectivity index (χ3v) is 7.09. The number of hydrogen-bond acceptors (Lipinski definition) is 7. The zero-order valence-corrected chi connectivity index (χ0v) is 27.3. The van der Waals surface area contributed by atoms with Crippen molar-refractivity contribution < 1.29 is 32.6 Å². The standard InChI is InChI=1S/C34H35F2N5O5.H2S/c1-34(2,3)46-33(44)38-27(19-29(42)45-21-22-8-5-4-6-9-22)32(43)40-16-17-41-28(20-40)39-30(23-10-7-11-25(36)18-23)31(41)37-26-14-12-24(35)13-15-26;/h4-15,18,27,37H,16-17,19-21H2,1-3H3,(H,38,44);1H2/t27-;/m0./s1. The van der Waals surface area contributed by atoms with Gasteiger partial charge in [-0.15, -0.1) is 0 Å². The summed E-state index contributed by atoms with van der Waals surface area (Å²) in [6, 6.07) is 19.6. The van der Waals surface area contributed by atoms with Gasteiger partial charge < -0.3 is 29.6 Å². The molecule has 13 heteroatoms. The molecule has 248 valence electrons. The molecule has 0 bridgehead atoms. The monoisotopic (exact) mass is 665 g/mol. The number of carbonyl (C=O) groups excluding carboxylic acids is 3. The van der Waals surface area contributed by atoms with Crippen LogP contribution in [0.15, 0.2) is 78.9 Å². The molecule has 0 fully saturated rings. The van der Waals surface area contributed by atoms with E-state index in [1.165, 1.54) is 29.2 Å². The van der Waals surface area contributed by atoms with Gasteiger partial charge in [0.2, 0.25) is 5.91 Å². The van der Waals surface area contributed by atoms with Gasteiger partial charge in [-0.3, -0.25) is 9.59 Å². The summed E-state index contributed by atoms with van der Waals surface area (Å²) in [4.78, 5) is 45.7. The lowest BCUT2D eigenvalue weighted by molar-refractivity contribution is -0.148. The minimum atomic E-state index is -1.26. The van der Waals surface area contributed by atoms with Gasteiger partial charge in [-0.1, -0.05) is 42.5 Å². The molecule has 0 aliphatic carbocycles. The summed E-state index contributed by atoms with van der Waals surface area (Å²) in [5.74, 6) is -0.978. The maximum Gasteiger partial charge on any atom is 0.408 e. The molecule has 10 nitrogen and oxygen atoms in total. The zero-order chi connectivity index (χ0) is 32.8. The minimum Gasteiger partial charge on any atom is -0.461 e. The number of rotatable bonds is 9. The van der Waals surface area contributed by atoms with Crippen LogP contribution in [-0.2, 0) is 38.8 Å². The molecule has 0 spiro atoms. The molecule has 2 heterocycles. The molecule has 1 aliphatic rings. The van der Waals surface area contributed by atoms with Gasteiger partial charge in [-0.25, -0.2) is 18.6 Å². The Kier molecular flexibility index (Phi) is 11.2. The SMILES string of the molecule is CC(C)(C)OC(=O)N[C@@H](CC(=O)OCc1ccccc1)C(=O)N1CCn2c(nc(-c3cccc(F)c3)c2Nc2ccc(F)cc2)C1.S.